The minimum atomic E-state index is -0.940. The van der Waals surface area contributed by atoms with Gasteiger partial charge in [0, 0.05) is 6.07 Å². The van der Waals surface area contributed by atoms with Crippen LogP contribution in [0.25, 0.3) is 0 Å². The summed E-state index contributed by atoms with van der Waals surface area (Å²) < 4.78 is 0. The lowest BCUT2D eigenvalue weighted by atomic mass is 10.1. The van der Waals surface area contributed by atoms with Crippen molar-refractivity contribution in [2.45, 2.75) is 0 Å². The zero-order valence-corrected chi connectivity index (χ0v) is 9.29. The average Bonchev–Trinajstić information content (AvgIpc) is 2.34. The van der Waals surface area contributed by atoms with Crippen molar-refractivity contribution in [1.29, 1.82) is 0 Å². The molecular formula is C8H8N6O5. The molecule has 11 heteroatoms. The quantitative estimate of drug-likeness (QED) is 0.186. The molecule has 0 bridgehead atoms. The third-order valence-electron chi connectivity index (χ3n) is 1.95. The first kappa shape index (κ1) is 13.8. The van der Waals surface area contributed by atoms with Gasteiger partial charge in [-0.15, -0.1) is 9.95 Å². The highest BCUT2D eigenvalue weighted by atomic mass is 16.6. The summed E-state index contributed by atoms with van der Waals surface area (Å²) in [6.07, 6.45) is 0.762. The van der Waals surface area contributed by atoms with Crippen molar-refractivity contribution in [2.24, 2.45) is 16.6 Å². The number of benzene rings is 1. The van der Waals surface area contributed by atoms with E-state index in [0.717, 1.165) is 12.3 Å². The lowest BCUT2D eigenvalue weighted by Gasteiger charge is -2.02. The smallest absolute Gasteiger partial charge is 0.366 e. The average molecular weight is 268 g/mol. The van der Waals surface area contributed by atoms with Crippen molar-refractivity contribution in [2.75, 3.05) is 0 Å². The van der Waals surface area contributed by atoms with Gasteiger partial charge in [-0.2, -0.15) is 0 Å². The number of hydrogen-bond acceptors (Lipinski definition) is 6. The number of para-hydroxylation sites is 1. The number of nitrogens with two attached hydrogens (primary N) is 2. The maximum Gasteiger partial charge on any atom is 0.366 e. The predicted molar refractivity (Wildman–Crippen MR) is 64.4 cm³/mol. The fraction of sp³-hybridized carbons (Fsp3) is 0. The lowest BCUT2D eigenvalue weighted by Crippen LogP contribution is -2.30. The van der Waals surface area contributed by atoms with Crippen LogP contribution in [0.5, 0.6) is 0 Å². The Morgan fingerprint density at radius 2 is 1.79 bits per heavy atom. The van der Waals surface area contributed by atoms with Crippen molar-refractivity contribution in [1.82, 2.24) is 0 Å². The molecule has 11 nitrogen and oxygen atoms in total. The van der Waals surface area contributed by atoms with E-state index in [1.54, 1.807) is 0 Å². The zero-order chi connectivity index (χ0) is 14.6. The van der Waals surface area contributed by atoms with Crippen LogP contribution in [0.15, 0.2) is 23.3 Å². The molecule has 0 amide bonds. The van der Waals surface area contributed by atoms with E-state index in [1.807, 2.05) is 0 Å². The molecule has 0 unspecified atom stereocenters. The molecule has 0 spiro atoms. The number of nitro groups is 2. The molecule has 0 atom stereocenters. The van der Waals surface area contributed by atoms with E-state index in [2.05, 4.69) is 5.10 Å². The molecule has 0 radical (unpaired) electrons. The van der Waals surface area contributed by atoms with E-state index >= 15 is 0 Å². The van der Waals surface area contributed by atoms with Crippen LogP contribution in [0.1, 0.15) is 5.56 Å². The van der Waals surface area contributed by atoms with Crippen LogP contribution in [0.2, 0.25) is 0 Å². The Kier molecular flexibility index (Phi) is 3.93. The summed E-state index contributed by atoms with van der Waals surface area (Å²) in [4.78, 5) is 19.5. The normalized spacial score (nSPS) is 10.3. The molecule has 0 saturated carbocycles. The SMILES string of the molecule is NC(N)=[N+]([O-])/N=C/c1cccc([N+](=O)[O-])c1[N+](=O)[O-]. The maximum absolute atomic E-state index is 10.9. The molecule has 1 aromatic carbocycles. The van der Waals surface area contributed by atoms with Gasteiger partial charge in [0.15, 0.2) is 0 Å². The molecule has 1 aromatic rings. The van der Waals surface area contributed by atoms with Crippen molar-refractivity contribution in [3.05, 3.63) is 49.2 Å². The number of guanidine groups is 1. The van der Waals surface area contributed by atoms with Gasteiger partial charge in [-0.1, -0.05) is 6.07 Å². The van der Waals surface area contributed by atoms with Gasteiger partial charge in [-0.05, 0) is 6.07 Å². The van der Waals surface area contributed by atoms with E-state index in [0.29, 0.717) is 0 Å². The van der Waals surface area contributed by atoms with Crippen molar-refractivity contribution in [3.8, 4) is 0 Å². The van der Waals surface area contributed by atoms with E-state index in [-0.39, 0.29) is 10.4 Å². The number of hydrogen-bond donors (Lipinski definition) is 2. The Balaban J connectivity index is 3.37. The van der Waals surface area contributed by atoms with Gasteiger partial charge in [0.1, 0.15) is 0 Å². The van der Waals surface area contributed by atoms with Gasteiger partial charge in [0.2, 0.25) is 0 Å². The van der Waals surface area contributed by atoms with Crippen LogP contribution in [0.3, 0.4) is 0 Å². The Bertz CT molecular complexity index is 591. The molecule has 19 heavy (non-hydrogen) atoms. The highest BCUT2D eigenvalue weighted by Crippen LogP contribution is 2.29. The monoisotopic (exact) mass is 268 g/mol. The summed E-state index contributed by atoms with van der Waals surface area (Å²) in [6.45, 7) is 0. The van der Waals surface area contributed by atoms with Crippen LogP contribution < -0.4 is 11.5 Å². The number of nitro benzene ring substituents is 2. The highest BCUT2D eigenvalue weighted by Gasteiger charge is 2.27. The summed E-state index contributed by atoms with van der Waals surface area (Å²) >= 11 is 0. The van der Waals surface area contributed by atoms with Crippen molar-refractivity contribution < 1.29 is 14.7 Å². The summed E-state index contributed by atoms with van der Waals surface area (Å²) in [5, 5.41) is 35.6. The first-order chi connectivity index (χ1) is 8.84. The standard InChI is InChI=1S/C8H8N6O5/c9-8(10)12(15)11-4-5-2-1-3-6(13(16)17)7(5)14(18)19/h1-4H,9-10H2/b11-4+. The Morgan fingerprint density at radius 3 is 2.26 bits per heavy atom. The van der Waals surface area contributed by atoms with Gasteiger partial charge in [-0.3, -0.25) is 31.7 Å². The minimum Gasteiger partial charge on any atom is -0.722 e. The van der Waals surface area contributed by atoms with Gasteiger partial charge >= 0.3 is 17.3 Å². The predicted octanol–water partition coefficient (Wildman–Crippen LogP) is -0.379. The number of hydrazone groups is 1. The fourth-order valence-corrected chi connectivity index (χ4v) is 1.18. The van der Waals surface area contributed by atoms with Crippen molar-refractivity contribution >= 4 is 23.5 Å². The molecule has 0 saturated heterocycles. The van der Waals surface area contributed by atoms with E-state index in [9.17, 15) is 25.4 Å². The molecule has 0 aliphatic carbocycles. The second kappa shape index (κ2) is 5.39. The summed E-state index contributed by atoms with van der Waals surface area (Å²) in [6, 6.07) is 3.38. The first-order valence-electron chi connectivity index (χ1n) is 4.65. The molecule has 0 aliphatic rings. The van der Waals surface area contributed by atoms with E-state index in [4.69, 9.17) is 11.5 Å². The number of rotatable bonds is 4. The molecule has 0 aromatic heterocycles. The minimum absolute atomic E-state index is 0.178. The molecule has 1 rings (SSSR count). The molecule has 0 heterocycles. The molecule has 0 aliphatic heterocycles. The van der Waals surface area contributed by atoms with Gasteiger partial charge < -0.3 is 5.21 Å². The second-order valence-corrected chi connectivity index (χ2v) is 3.17. The third-order valence-corrected chi connectivity index (χ3v) is 1.95. The molecule has 100 valence electrons. The van der Waals surface area contributed by atoms with Gasteiger partial charge in [0.25, 0.3) is 0 Å². The van der Waals surface area contributed by atoms with Crippen LogP contribution in [0.4, 0.5) is 11.4 Å². The Morgan fingerprint density at radius 1 is 1.16 bits per heavy atom. The summed E-state index contributed by atoms with van der Waals surface area (Å²) in [5.41, 5.74) is 8.15. The Labute approximate surface area is 105 Å². The lowest BCUT2D eigenvalue weighted by molar-refractivity contribution is -0.464. The van der Waals surface area contributed by atoms with Crippen LogP contribution in [-0.2, 0) is 0 Å². The topological polar surface area (TPSA) is 177 Å². The van der Waals surface area contributed by atoms with Crippen LogP contribution in [-0.4, -0.2) is 26.9 Å². The maximum atomic E-state index is 10.9. The molecule has 0 fully saturated rings. The van der Waals surface area contributed by atoms with Crippen LogP contribution in [0, 0.1) is 25.4 Å². The fourth-order valence-electron chi connectivity index (χ4n) is 1.18. The molecular weight excluding hydrogens is 260 g/mol. The summed E-state index contributed by atoms with van der Waals surface area (Å²) in [5.74, 6) is -0.677. The van der Waals surface area contributed by atoms with Gasteiger partial charge in [-0.25, -0.2) is 0 Å². The third kappa shape index (κ3) is 3.12. The van der Waals surface area contributed by atoms with Crippen molar-refractivity contribution in [3.63, 3.8) is 0 Å². The number of nitrogens with zero attached hydrogens (tertiary/aromatic N) is 4. The van der Waals surface area contributed by atoms with Gasteiger partial charge in [0.05, 0.1) is 21.6 Å². The summed E-state index contributed by atoms with van der Waals surface area (Å²) in [7, 11) is 0. The largest absolute Gasteiger partial charge is 0.722 e. The molecule has 4 N–H and O–H groups in total. The van der Waals surface area contributed by atoms with E-state index in [1.165, 1.54) is 12.1 Å². The van der Waals surface area contributed by atoms with Crippen LogP contribution >= 0.6 is 0 Å². The first-order valence-corrected chi connectivity index (χ1v) is 4.65. The highest BCUT2D eigenvalue weighted by molar-refractivity contribution is 5.88. The Hall–Kier alpha value is -3.24. The zero-order valence-electron chi connectivity index (χ0n) is 9.29. The van der Waals surface area contributed by atoms with E-state index < -0.39 is 27.2 Å². The second-order valence-electron chi connectivity index (χ2n) is 3.17.